The van der Waals surface area contributed by atoms with Gasteiger partial charge >= 0.3 is 6.03 Å². The Labute approximate surface area is 123 Å². The third-order valence-corrected chi connectivity index (χ3v) is 3.26. The first-order chi connectivity index (χ1) is 9.58. The summed E-state index contributed by atoms with van der Waals surface area (Å²) in [5, 5.41) is 3.37. The van der Waals surface area contributed by atoms with Gasteiger partial charge in [-0.25, -0.2) is 4.79 Å². The number of aryl methyl sites for hydroxylation is 1. The van der Waals surface area contributed by atoms with Crippen molar-refractivity contribution in [2.24, 2.45) is 0 Å². The Morgan fingerprint density at radius 3 is 2.80 bits per heavy atom. The van der Waals surface area contributed by atoms with Crippen molar-refractivity contribution >= 4 is 23.3 Å². The van der Waals surface area contributed by atoms with Crippen LogP contribution in [0, 0.1) is 6.92 Å². The van der Waals surface area contributed by atoms with E-state index in [1.165, 1.54) is 0 Å². The lowest BCUT2D eigenvalue weighted by molar-refractivity contribution is 0.220. The van der Waals surface area contributed by atoms with Gasteiger partial charge in [-0.05, 0) is 30.2 Å². The number of hydrogen-bond acceptors (Lipinski definition) is 2. The molecular formula is C15H16ClN3O. The highest BCUT2D eigenvalue weighted by Gasteiger charge is 2.12. The predicted molar refractivity (Wildman–Crippen MR) is 80.9 cm³/mol. The van der Waals surface area contributed by atoms with Crippen LogP contribution >= 0.6 is 11.6 Å². The monoisotopic (exact) mass is 289 g/mol. The molecule has 0 radical (unpaired) electrons. The van der Waals surface area contributed by atoms with E-state index < -0.39 is 0 Å². The van der Waals surface area contributed by atoms with Gasteiger partial charge < -0.3 is 10.2 Å². The Balaban J connectivity index is 2.05. The van der Waals surface area contributed by atoms with Crippen molar-refractivity contribution in [2.45, 2.75) is 13.5 Å². The van der Waals surface area contributed by atoms with Crippen LogP contribution in [-0.2, 0) is 6.54 Å². The fourth-order valence-corrected chi connectivity index (χ4v) is 2.10. The van der Waals surface area contributed by atoms with Gasteiger partial charge in [0.1, 0.15) is 0 Å². The third kappa shape index (κ3) is 3.48. The van der Waals surface area contributed by atoms with Crippen LogP contribution < -0.4 is 5.32 Å². The van der Waals surface area contributed by atoms with E-state index in [9.17, 15) is 4.79 Å². The van der Waals surface area contributed by atoms with Gasteiger partial charge in [0.05, 0.1) is 10.7 Å². The molecule has 2 amide bonds. The maximum Gasteiger partial charge on any atom is 0.321 e. The molecule has 0 aliphatic carbocycles. The van der Waals surface area contributed by atoms with Gasteiger partial charge in [0.2, 0.25) is 0 Å². The Morgan fingerprint density at radius 1 is 1.35 bits per heavy atom. The number of pyridine rings is 1. The van der Waals surface area contributed by atoms with Gasteiger partial charge in [0.25, 0.3) is 0 Å². The van der Waals surface area contributed by atoms with E-state index in [1.54, 1.807) is 30.4 Å². The number of hydrogen-bond donors (Lipinski definition) is 1. The summed E-state index contributed by atoms with van der Waals surface area (Å²) in [6, 6.07) is 9.09. The van der Waals surface area contributed by atoms with Crippen molar-refractivity contribution in [3.8, 4) is 0 Å². The molecule has 1 N–H and O–H groups in total. The van der Waals surface area contributed by atoms with Crippen molar-refractivity contribution in [1.29, 1.82) is 0 Å². The number of urea groups is 1. The van der Waals surface area contributed by atoms with Crippen molar-refractivity contribution in [2.75, 3.05) is 12.4 Å². The molecule has 0 bridgehead atoms. The summed E-state index contributed by atoms with van der Waals surface area (Å²) in [6.45, 7) is 2.39. The van der Waals surface area contributed by atoms with E-state index in [1.807, 2.05) is 31.2 Å². The normalized spacial score (nSPS) is 10.2. The first-order valence-electron chi connectivity index (χ1n) is 6.24. The first-order valence-corrected chi connectivity index (χ1v) is 6.62. The minimum atomic E-state index is -0.204. The van der Waals surface area contributed by atoms with Crippen LogP contribution in [0.25, 0.3) is 0 Å². The number of amides is 2. The molecule has 0 saturated heterocycles. The molecule has 0 atom stereocenters. The second kappa shape index (κ2) is 6.39. The Hall–Kier alpha value is -2.07. The summed E-state index contributed by atoms with van der Waals surface area (Å²) < 4.78 is 0. The molecule has 1 aromatic carbocycles. The van der Waals surface area contributed by atoms with Gasteiger partial charge in [-0.1, -0.05) is 29.8 Å². The molecule has 5 heteroatoms. The van der Waals surface area contributed by atoms with Gasteiger partial charge in [-0.15, -0.1) is 0 Å². The number of anilines is 1. The number of para-hydroxylation sites is 1. The molecule has 1 heterocycles. The van der Waals surface area contributed by atoms with E-state index in [0.29, 0.717) is 17.3 Å². The number of carbonyl (C=O) groups is 1. The highest BCUT2D eigenvalue weighted by atomic mass is 35.5. The SMILES string of the molecule is Cc1cccc(Cl)c1NC(=O)N(C)Cc1cccnc1. The van der Waals surface area contributed by atoms with Crippen LogP contribution in [0.15, 0.2) is 42.7 Å². The van der Waals surface area contributed by atoms with Crippen molar-refractivity contribution < 1.29 is 4.79 Å². The molecule has 104 valence electrons. The minimum absolute atomic E-state index is 0.204. The molecule has 4 nitrogen and oxygen atoms in total. The van der Waals surface area contributed by atoms with Crippen LogP contribution in [0.3, 0.4) is 0 Å². The van der Waals surface area contributed by atoms with E-state index >= 15 is 0 Å². The molecule has 2 aromatic rings. The maximum absolute atomic E-state index is 12.2. The Morgan fingerprint density at radius 2 is 2.15 bits per heavy atom. The molecule has 2 rings (SSSR count). The lowest BCUT2D eigenvalue weighted by Crippen LogP contribution is -2.31. The lowest BCUT2D eigenvalue weighted by atomic mass is 10.2. The van der Waals surface area contributed by atoms with Gasteiger partial charge in [-0.3, -0.25) is 4.98 Å². The first kappa shape index (κ1) is 14.3. The zero-order valence-corrected chi connectivity index (χ0v) is 12.2. The van der Waals surface area contributed by atoms with E-state index in [4.69, 9.17) is 11.6 Å². The zero-order chi connectivity index (χ0) is 14.5. The van der Waals surface area contributed by atoms with Crippen LogP contribution in [0.1, 0.15) is 11.1 Å². The van der Waals surface area contributed by atoms with Crippen molar-refractivity contribution in [1.82, 2.24) is 9.88 Å². The quantitative estimate of drug-likeness (QED) is 0.936. The van der Waals surface area contributed by atoms with Gasteiger partial charge in [-0.2, -0.15) is 0 Å². The molecule has 0 fully saturated rings. The van der Waals surface area contributed by atoms with Crippen LogP contribution in [0.4, 0.5) is 10.5 Å². The molecule has 0 saturated carbocycles. The number of nitrogens with zero attached hydrogens (tertiary/aromatic N) is 2. The summed E-state index contributed by atoms with van der Waals surface area (Å²) in [4.78, 5) is 17.8. The predicted octanol–water partition coefficient (Wildman–Crippen LogP) is 3.71. The summed E-state index contributed by atoms with van der Waals surface area (Å²) in [7, 11) is 1.73. The maximum atomic E-state index is 12.2. The number of benzene rings is 1. The third-order valence-electron chi connectivity index (χ3n) is 2.94. The van der Waals surface area contributed by atoms with E-state index in [-0.39, 0.29) is 6.03 Å². The summed E-state index contributed by atoms with van der Waals surface area (Å²) in [6.07, 6.45) is 3.45. The minimum Gasteiger partial charge on any atom is -0.323 e. The van der Waals surface area contributed by atoms with Crippen molar-refractivity contribution in [3.05, 3.63) is 58.9 Å². The topological polar surface area (TPSA) is 45.2 Å². The lowest BCUT2D eigenvalue weighted by Gasteiger charge is -2.19. The largest absolute Gasteiger partial charge is 0.323 e. The molecule has 1 aromatic heterocycles. The Kier molecular flexibility index (Phi) is 4.58. The summed E-state index contributed by atoms with van der Waals surface area (Å²) >= 11 is 6.10. The van der Waals surface area contributed by atoms with Crippen LogP contribution in [-0.4, -0.2) is 23.0 Å². The number of aromatic nitrogens is 1. The average molecular weight is 290 g/mol. The molecule has 20 heavy (non-hydrogen) atoms. The van der Waals surface area contributed by atoms with E-state index in [2.05, 4.69) is 10.3 Å². The number of carbonyl (C=O) groups excluding carboxylic acids is 1. The fraction of sp³-hybridized carbons (Fsp3) is 0.200. The van der Waals surface area contributed by atoms with E-state index in [0.717, 1.165) is 11.1 Å². The summed E-state index contributed by atoms with van der Waals surface area (Å²) in [5.41, 5.74) is 2.55. The fourth-order valence-electron chi connectivity index (χ4n) is 1.83. The number of halogens is 1. The highest BCUT2D eigenvalue weighted by Crippen LogP contribution is 2.25. The average Bonchev–Trinajstić information content (AvgIpc) is 2.44. The van der Waals surface area contributed by atoms with Gasteiger partial charge in [0.15, 0.2) is 0 Å². The standard InChI is InChI=1S/C15H16ClN3O/c1-11-5-3-7-13(16)14(11)18-15(20)19(2)10-12-6-4-8-17-9-12/h3-9H,10H2,1-2H3,(H,18,20). The van der Waals surface area contributed by atoms with Crippen LogP contribution in [0.5, 0.6) is 0 Å². The zero-order valence-electron chi connectivity index (χ0n) is 11.4. The molecule has 0 aliphatic rings. The molecule has 0 unspecified atom stereocenters. The highest BCUT2D eigenvalue weighted by molar-refractivity contribution is 6.33. The van der Waals surface area contributed by atoms with Crippen LogP contribution in [0.2, 0.25) is 5.02 Å². The molecular weight excluding hydrogens is 274 g/mol. The summed E-state index contributed by atoms with van der Waals surface area (Å²) in [5.74, 6) is 0. The molecule has 0 aliphatic heterocycles. The second-order valence-corrected chi connectivity index (χ2v) is 4.99. The van der Waals surface area contributed by atoms with Crippen molar-refractivity contribution in [3.63, 3.8) is 0 Å². The smallest absolute Gasteiger partial charge is 0.321 e. The van der Waals surface area contributed by atoms with Gasteiger partial charge in [0, 0.05) is 26.0 Å². The Bertz CT molecular complexity index is 581. The second-order valence-electron chi connectivity index (χ2n) is 4.58. The number of rotatable bonds is 3. The number of nitrogens with one attached hydrogen (secondary N) is 1. The molecule has 0 spiro atoms.